The highest BCUT2D eigenvalue weighted by Gasteiger charge is 2.39. The van der Waals surface area contributed by atoms with Crippen LogP contribution in [0.4, 0.5) is 4.39 Å². The lowest BCUT2D eigenvalue weighted by Gasteiger charge is -2.37. The van der Waals surface area contributed by atoms with Gasteiger partial charge in [-0.15, -0.1) is 0 Å². The maximum absolute atomic E-state index is 13.6. The predicted molar refractivity (Wildman–Crippen MR) is 140 cm³/mol. The number of aromatic nitrogens is 1. The van der Waals surface area contributed by atoms with Crippen molar-refractivity contribution in [1.29, 1.82) is 0 Å². The fraction of sp³-hybridized carbons (Fsp3) is 0.323. The van der Waals surface area contributed by atoms with Gasteiger partial charge in [-0.2, -0.15) is 0 Å². The third kappa shape index (κ3) is 5.67. The van der Waals surface area contributed by atoms with E-state index in [4.69, 9.17) is 9.15 Å². The number of nitrogens with zero attached hydrogens (tertiary/aromatic N) is 2. The Hall–Kier alpha value is -3.32. The lowest BCUT2D eigenvalue weighted by molar-refractivity contribution is -0.0507. The van der Waals surface area contributed by atoms with Crippen molar-refractivity contribution in [2.24, 2.45) is 5.92 Å². The van der Waals surface area contributed by atoms with E-state index in [1.807, 2.05) is 66.7 Å². The first-order chi connectivity index (χ1) is 18.1. The summed E-state index contributed by atoms with van der Waals surface area (Å²) in [5.41, 5.74) is 0.744. The minimum Gasteiger partial charge on any atom is -0.441 e. The summed E-state index contributed by atoms with van der Waals surface area (Å²) in [4.78, 5) is 6.83. The number of halogens is 1. The Bertz CT molecular complexity index is 1240. The zero-order valence-corrected chi connectivity index (χ0v) is 21.1. The van der Waals surface area contributed by atoms with Crippen molar-refractivity contribution in [2.45, 2.75) is 44.6 Å². The van der Waals surface area contributed by atoms with Gasteiger partial charge in [0.15, 0.2) is 5.60 Å². The van der Waals surface area contributed by atoms with Crippen molar-refractivity contribution in [3.63, 3.8) is 0 Å². The molecule has 0 radical (unpaired) electrons. The molecule has 1 aromatic heterocycles. The molecule has 2 atom stereocenters. The Labute approximate surface area is 217 Å². The van der Waals surface area contributed by atoms with Gasteiger partial charge in [0.05, 0.1) is 25.5 Å². The molecule has 0 saturated carbocycles. The molecule has 192 valence electrons. The molecule has 1 saturated heterocycles. The van der Waals surface area contributed by atoms with E-state index in [0.717, 1.165) is 31.5 Å². The third-order valence-electron chi connectivity index (χ3n) is 7.28. The molecule has 5 rings (SSSR count). The second-order valence-corrected chi connectivity index (χ2v) is 9.75. The van der Waals surface area contributed by atoms with Gasteiger partial charge in [-0.3, -0.25) is 4.90 Å². The molecule has 0 amide bonds. The van der Waals surface area contributed by atoms with Crippen molar-refractivity contribution < 1.29 is 18.7 Å². The summed E-state index contributed by atoms with van der Waals surface area (Å²) in [5.74, 6) is 1.16. The second kappa shape index (κ2) is 11.4. The second-order valence-electron chi connectivity index (χ2n) is 9.75. The van der Waals surface area contributed by atoms with Gasteiger partial charge in [0.1, 0.15) is 11.6 Å². The topological polar surface area (TPSA) is 58.7 Å². The predicted octanol–water partition coefficient (Wildman–Crippen LogP) is 5.92. The molecule has 4 aromatic rings. The van der Waals surface area contributed by atoms with E-state index in [-0.39, 0.29) is 17.8 Å². The molecular formula is C31H33FN2O3. The molecule has 1 aliphatic rings. The molecular weight excluding hydrogens is 467 g/mol. The Morgan fingerprint density at radius 3 is 2.38 bits per heavy atom. The average Bonchev–Trinajstić information content (AvgIpc) is 3.41. The molecule has 6 heteroatoms. The molecule has 3 aromatic carbocycles. The minimum absolute atomic E-state index is 0.0509. The summed E-state index contributed by atoms with van der Waals surface area (Å²) < 4.78 is 26.1. The number of ether oxygens (including phenoxy) is 1. The van der Waals surface area contributed by atoms with Gasteiger partial charge in [-0.05, 0) is 47.7 Å². The van der Waals surface area contributed by atoms with Crippen LogP contribution in [-0.4, -0.2) is 34.2 Å². The highest BCUT2D eigenvalue weighted by atomic mass is 19.1. The molecule has 2 unspecified atom stereocenters. The minimum atomic E-state index is -1.49. The summed E-state index contributed by atoms with van der Waals surface area (Å²) in [7, 11) is 0. The number of aliphatic hydroxyl groups is 1. The number of oxazole rings is 1. The number of hydrogen-bond acceptors (Lipinski definition) is 5. The normalized spacial score (nSPS) is 18.7. The molecule has 1 aliphatic heterocycles. The van der Waals surface area contributed by atoms with E-state index < -0.39 is 5.60 Å². The monoisotopic (exact) mass is 500 g/mol. The number of piperidine rings is 1. The molecule has 2 heterocycles. The Kier molecular flexibility index (Phi) is 7.79. The molecule has 0 aliphatic carbocycles. The standard InChI is InChI=1S/C31H33FN2O3/c1-2-24-16-17-34(21-29(24)36-22-23-10-9-15-27(32)18-23)20-28-19-33-30(37-28)31(35,25-11-5-3-6-12-25)26-13-7-4-8-14-26/h3-15,18-19,24,29,35H,2,16-17,20-22H2,1H3. The SMILES string of the molecule is CCC1CCN(Cc2cnc(C(O)(c3ccccc3)c3ccccc3)o2)CC1OCc1cccc(F)c1. The van der Waals surface area contributed by atoms with Crippen LogP contribution in [0, 0.1) is 11.7 Å². The molecule has 1 fully saturated rings. The quantitative estimate of drug-likeness (QED) is 0.309. The van der Waals surface area contributed by atoms with Gasteiger partial charge >= 0.3 is 0 Å². The van der Waals surface area contributed by atoms with Gasteiger partial charge in [-0.1, -0.05) is 86.1 Å². The van der Waals surface area contributed by atoms with Crippen molar-refractivity contribution in [3.05, 3.63) is 125 Å². The summed E-state index contributed by atoms with van der Waals surface area (Å²) in [6.45, 7) is 4.83. The van der Waals surface area contributed by atoms with Crippen LogP contribution in [0.25, 0.3) is 0 Å². The lowest BCUT2D eigenvalue weighted by atomic mass is 9.86. The summed E-state index contributed by atoms with van der Waals surface area (Å²) >= 11 is 0. The van der Waals surface area contributed by atoms with Crippen molar-refractivity contribution in [1.82, 2.24) is 9.88 Å². The molecule has 1 N–H and O–H groups in total. The van der Waals surface area contributed by atoms with Crippen LogP contribution < -0.4 is 0 Å². The fourth-order valence-corrected chi connectivity index (χ4v) is 5.20. The number of benzene rings is 3. The summed E-state index contributed by atoms with van der Waals surface area (Å²) in [6.07, 6.45) is 3.81. The van der Waals surface area contributed by atoms with Crippen LogP contribution in [-0.2, 0) is 23.5 Å². The first-order valence-corrected chi connectivity index (χ1v) is 12.9. The van der Waals surface area contributed by atoms with Gasteiger partial charge < -0.3 is 14.3 Å². The molecule has 0 bridgehead atoms. The van der Waals surface area contributed by atoms with Crippen LogP contribution in [0.15, 0.2) is 95.5 Å². The Morgan fingerprint density at radius 1 is 1.03 bits per heavy atom. The van der Waals surface area contributed by atoms with Gasteiger partial charge in [0.25, 0.3) is 0 Å². The maximum Gasteiger partial charge on any atom is 0.236 e. The maximum atomic E-state index is 13.6. The zero-order chi connectivity index (χ0) is 25.7. The van der Waals surface area contributed by atoms with Crippen LogP contribution in [0.5, 0.6) is 0 Å². The molecule has 0 spiro atoms. The van der Waals surface area contributed by atoms with E-state index in [1.165, 1.54) is 12.1 Å². The van der Waals surface area contributed by atoms with E-state index >= 15 is 0 Å². The number of likely N-dealkylation sites (tertiary alicyclic amines) is 1. The molecule has 37 heavy (non-hydrogen) atoms. The van der Waals surface area contributed by atoms with Crippen LogP contribution in [0.1, 0.15) is 48.1 Å². The van der Waals surface area contributed by atoms with Crippen molar-refractivity contribution in [3.8, 4) is 0 Å². The van der Waals surface area contributed by atoms with Gasteiger partial charge in [0, 0.05) is 6.54 Å². The fourth-order valence-electron chi connectivity index (χ4n) is 5.20. The van der Waals surface area contributed by atoms with E-state index in [2.05, 4.69) is 16.8 Å². The first kappa shape index (κ1) is 25.3. The average molecular weight is 501 g/mol. The summed E-state index contributed by atoms with van der Waals surface area (Å²) in [5, 5.41) is 11.9. The number of rotatable bonds is 9. The largest absolute Gasteiger partial charge is 0.441 e. The lowest BCUT2D eigenvalue weighted by Crippen LogP contribution is -2.44. The van der Waals surface area contributed by atoms with Crippen LogP contribution in [0.3, 0.4) is 0 Å². The van der Waals surface area contributed by atoms with Gasteiger partial charge in [0.2, 0.25) is 5.89 Å². The number of hydrogen-bond donors (Lipinski definition) is 1. The Balaban J connectivity index is 1.31. The van der Waals surface area contributed by atoms with E-state index in [1.54, 1.807) is 12.3 Å². The van der Waals surface area contributed by atoms with Crippen molar-refractivity contribution in [2.75, 3.05) is 13.1 Å². The first-order valence-electron chi connectivity index (χ1n) is 12.9. The smallest absolute Gasteiger partial charge is 0.236 e. The Morgan fingerprint density at radius 2 is 1.73 bits per heavy atom. The molecule has 5 nitrogen and oxygen atoms in total. The zero-order valence-electron chi connectivity index (χ0n) is 21.1. The van der Waals surface area contributed by atoms with Crippen LogP contribution >= 0.6 is 0 Å². The van der Waals surface area contributed by atoms with Gasteiger partial charge in [-0.25, -0.2) is 9.37 Å². The van der Waals surface area contributed by atoms with Crippen molar-refractivity contribution >= 4 is 0 Å². The van der Waals surface area contributed by atoms with Crippen LogP contribution in [0.2, 0.25) is 0 Å². The highest BCUT2D eigenvalue weighted by molar-refractivity contribution is 5.41. The third-order valence-corrected chi connectivity index (χ3v) is 7.28. The van der Waals surface area contributed by atoms with E-state index in [0.29, 0.717) is 36.0 Å². The van der Waals surface area contributed by atoms with E-state index in [9.17, 15) is 9.50 Å². The highest BCUT2D eigenvalue weighted by Crippen LogP contribution is 2.36. The summed E-state index contributed by atoms with van der Waals surface area (Å²) in [6, 6.07) is 25.5.